The largest absolute Gasteiger partial charge is 0.507 e. The Labute approximate surface area is 233 Å². The summed E-state index contributed by atoms with van der Waals surface area (Å²) in [5.41, 5.74) is 2.64. The summed E-state index contributed by atoms with van der Waals surface area (Å²) in [6, 6.07) is 24.6. The Morgan fingerprint density at radius 2 is 1.73 bits per heavy atom. The molecular formula is C33H30N2O5. The topological polar surface area (TPSA) is 89.0 Å². The van der Waals surface area contributed by atoms with Crippen LogP contribution in [-0.4, -0.2) is 32.8 Å². The van der Waals surface area contributed by atoms with Gasteiger partial charge in [0.2, 0.25) is 0 Å². The van der Waals surface area contributed by atoms with Crippen molar-refractivity contribution in [2.45, 2.75) is 39.5 Å². The van der Waals surface area contributed by atoms with Crippen molar-refractivity contribution in [3.05, 3.63) is 125 Å². The molecule has 2 heterocycles. The molecule has 40 heavy (non-hydrogen) atoms. The summed E-state index contributed by atoms with van der Waals surface area (Å²) < 4.78 is 11.9. The quantitative estimate of drug-likeness (QED) is 0.156. The number of aliphatic hydroxyl groups is 1. The van der Waals surface area contributed by atoms with Crippen LogP contribution in [0.5, 0.6) is 17.2 Å². The maximum absolute atomic E-state index is 13.5. The van der Waals surface area contributed by atoms with Gasteiger partial charge in [0.25, 0.3) is 11.7 Å². The Kier molecular flexibility index (Phi) is 7.64. The highest BCUT2D eigenvalue weighted by Crippen LogP contribution is 2.41. The number of carbonyl (C=O) groups is 2. The predicted octanol–water partition coefficient (Wildman–Crippen LogP) is 6.59. The normalized spacial score (nSPS) is 16.4. The molecule has 202 valence electrons. The van der Waals surface area contributed by atoms with Crippen LogP contribution in [0.3, 0.4) is 0 Å². The first-order valence-electron chi connectivity index (χ1n) is 13.1. The van der Waals surface area contributed by atoms with Crippen molar-refractivity contribution in [1.29, 1.82) is 0 Å². The number of aromatic nitrogens is 1. The molecule has 1 atom stereocenters. The summed E-state index contributed by atoms with van der Waals surface area (Å²) in [6.07, 6.45) is 3.29. The molecule has 1 amide bonds. The molecule has 0 bridgehead atoms. The van der Waals surface area contributed by atoms with Gasteiger partial charge in [0, 0.05) is 24.5 Å². The molecule has 1 aromatic heterocycles. The maximum Gasteiger partial charge on any atom is 0.295 e. The third-order valence-corrected chi connectivity index (χ3v) is 6.58. The van der Waals surface area contributed by atoms with E-state index in [4.69, 9.17) is 9.47 Å². The van der Waals surface area contributed by atoms with Gasteiger partial charge in [-0.15, -0.1) is 0 Å². The lowest BCUT2D eigenvalue weighted by atomic mass is 9.94. The molecule has 0 aliphatic carbocycles. The molecule has 1 saturated heterocycles. The van der Waals surface area contributed by atoms with Gasteiger partial charge in [-0.1, -0.05) is 36.4 Å². The second-order valence-electron chi connectivity index (χ2n) is 9.92. The van der Waals surface area contributed by atoms with Crippen LogP contribution in [-0.2, 0) is 16.1 Å². The zero-order chi connectivity index (χ0) is 28.2. The van der Waals surface area contributed by atoms with Crippen molar-refractivity contribution < 1.29 is 24.2 Å². The fourth-order valence-electron chi connectivity index (χ4n) is 4.79. The third-order valence-electron chi connectivity index (χ3n) is 6.58. The molecule has 7 heteroatoms. The van der Waals surface area contributed by atoms with Gasteiger partial charge in [-0.2, -0.15) is 0 Å². The first kappa shape index (κ1) is 26.7. The molecule has 1 aliphatic rings. The Bertz CT molecular complexity index is 1560. The van der Waals surface area contributed by atoms with Crippen LogP contribution in [0.1, 0.15) is 42.1 Å². The lowest BCUT2D eigenvalue weighted by Gasteiger charge is -2.25. The minimum Gasteiger partial charge on any atom is -0.507 e. The van der Waals surface area contributed by atoms with Gasteiger partial charge in [-0.25, -0.2) is 0 Å². The second kappa shape index (κ2) is 11.5. The smallest absolute Gasteiger partial charge is 0.295 e. The van der Waals surface area contributed by atoms with E-state index in [1.165, 1.54) is 4.90 Å². The van der Waals surface area contributed by atoms with Gasteiger partial charge in [0.1, 0.15) is 23.0 Å². The number of amides is 1. The number of ether oxygens (including phenoxy) is 2. The van der Waals surface area contributed by atoms with E-state index in [1.54, 1.807) is 54.9 Å². The van der Waals surface area contributed by atoms with E-state index in [2.05, 4.69) is 4.98 Å². The van der Waals surface area contributed by atoms with Crippen LogP contribution in [0.2, 0.25) is 0 Å². The summed E-state index contributed by atoms with van der Waals surface area (Å²) in [5.74, 6) is 0.198. The number of benzene rings is 3. The molecule has 4 aromatic rings. The highest BCUT2D eigenvalue weighted by atomic mass is 16.5. The number of pyridine rings is 1. The Morgan fingerprint density at radius 1 is 0.950 bits per heavy atom. The van der Waals surface area contributed by atoms with E-state index >= 15 is 0 Å². The Hall–Kier alpha value is -4.91. The Balaban J connectivity index is 1.60. The van der Waals surface area contributed by atoms with Crippen LogP contribution < -0.4 is 9.47 Å². The second-order valence-corrected chi connectivity index (χ2v) is 9.92. The first-order chi connectivity index (χ1) is 19.3. The summed E-state index contributed by atoms with van der Waals surface area (Å²) in [5, 5.41) is 11.5. The van der Waals surface area contributed by atoms with E-state index < -0.39 is 17.7 Å². The van der Waals surface area contributed by atoms with Gasteiger partial charge in [0.05, 0.1) is 17.7 Å². The average molecular weight is 535 g/mol. The van der Waals surface area contributed by atoms with Gasteiger partial charge in [-0.05, 0) is 86.0 Å². The number of likely N-dealkylation sites (tertiary alicyclic amines) is 1. The molecule has 5 rings (SSSR count). The predicted molar refractivity (Wildman–Crippen MR) is 152 cm³/mol. The van der Waals surface area contributed by atoms with Crippen molar-refractivity contribution in [2.24, 2.45) is 0 Å². The summed E-state index contributed by atoms with van der Waals surface area (Å²) >= 11 is 0. The number of ketones is 1. The molecule has 3 aromatic carbocycles. The molecule has 1 fully saturated rings. The number of hydrogen-bond donors (Lipinski definition) is 1. The fourth-order valence-corrected chi connectivity index (χ4v) is 4.79. The molecule has 0 radical (unpaired) electrons. The van der Waals surface area contributed by atoms with Crippen LogP contribution in [0.25, 0.3) is 5.76 Å². The number of aliphatic hydroxyl groups excluding tert-OH is 1. The van der Waals surface area contributed by atoms with E-state index in [9.17, 15) is 14.7 Å². The van der Waals surface area contributed by atoms with Crippen LogP contribution in [0, 0.1) is 6.92 Å². The monoisotopic (exact) mass is 534 g/mol. The molecule has 0 saturated carbocycles. The highest BCUT2D eigenvalue weighted by Gasteiger charge is 2.46. The molecular weight excluding hydrogens is 504 g/mol. The minimum atomic E-state index is -0.841. The van der Waals surface area contributed by atoms with Gasteiger partial charge in [0.15, 0.2) is 0 Å². The summed E-state index contributed by atoms with van der Waals surface area (Å²) in [4.78, 5) is 32.5. The van der Waals surface area contributed by atoms with E-state index in [-0.39, 0.29) is 24.0 Å². The van der Waals surface area contributed by atoms with Crippen LogP contribution in [0.15, 0.2) is 103 Å². The third kappa shape index (κ3) is 5.59. The number of hydrogen-bond acceptors (Lipinski definition) is 6. The fraction of sp³-hybridized carbons (Fsp3) is 0.182. The van der Waals surface area contributed by atoms with Crippen molar-refractivity contribution in [3.63, 3.8) is 0 Å². The van der Waals surface area contributed by atoms with Crippen LogP contribution >= 0.6 is 0 Å². The molecule has 7 nitrogen and oxygen atoms in total. The summed E-state index contributed by atoms with van der Waals surface area (Å²) in [7, 11) is 0. The highest BCUT2D eigenvalue weighted by molar-refractivity contribution is 6.46. The average Bonchev–Trinajstić information content (AvgIpc) is 3.20. The van der Waals surface area contributed by atoms with Crippen molar-refractivity contribution >= 4 is 17.4 Å². The first-order valence-corrected chi connectivity index (χ1v) is 13.1. The van der Waals surface area contributed by atoms with E-state index in [0.717, 1.165) is 11.1 Å². The van der Waals surface area contributed by atoms with Gasteiger partial charge in [-0.3, -0.25) is 14.6 Å². The minimum absolute atomic E-state index is 0.0127. The number of para-hydroxylation sites is 1. The standard InChI is InChI=1S/C33H30N2O5/c1-21(2)39-28-15-14-25(17-22(28)3)31(36)29-30(35(33(38)32(29)37)20-23-9-8-16-34-19-23)24-10-7-13-27(18-24)40-26-11-5-4-6-12-26/h4-19,21,30,36H,20H2,1-3H3/b31-29+. The lowest BCUT2D eigenvalue weighted by Crippen LogP contribution is -2.29. The number of rotatable bonds is 8. The van der Waals surface area contributed by atoms with Gasteiger partial charge >= 0.3 is 0 Å². The molecule has 1 aliphatic heterocycles. The molecule has 1 N–H and O–H groups in total. The van der Waals surface area contributed by atoms with Gasteiger partial charge < -0.3 is 19.5 Å². The zero-order valence-corrected chi connectivity index (χ0v) is 22.6. The molecule has 0 spiro atoms. The van der Waals surface area contributed by atoms with Crippen molar-refractivity contribution in [1.82, 2.24) is 9.88 Å². The Morgan fingerprint density at radius 3 is 2.42 bits per heavy atom. The summed E-state index contributed by atoms with van der Waals surface area (Å²) in [6.45, 7) is 5.89. The van der Waals surface area contributed by atoms with Crippen LogP contribution in [0.4, 0.5) is 0 Å². The van der Waals surface area contributed by atoms with Crippen molar-refractivity contribution in [2.75, 3.05) is 0 Å². The number of nitrogens with zero attached hydrogens (tertiary/aromatic N) is 2. The SMILES string of the molecule is Cc1cc(/C(O)=C2\C(=O)C(=O)N(Cc3cccnc3)C2c2cccc(Oc3ccccc3)c2)ccc1OC(C)C. The lowest BCUT2D eigenvalue weighted by molar-refractivity contribution is -0.140. The number of carbonyl (C=O) groups excluding carboxylic acids is 2. The maximum atomic E-state index is 13.5. The molecule has 1 unspecified atom stereocenters. The number of aryl methyl sites for hydroxylation is 1. The van der Waals surface area contributed by atoms with Crippen molar-refractivity contribution in [3.8, 4) is 17.2 Å². The van der Waals surface area contributed by atoms with E-state index in [0.29, 0.717) is 28.4 Å². The van der Waals surface area contributed by atoms with E-state index in [1.807, 2.05) is 63.2 Å². The zero-order valence-electron chi connectivity index (χ0n) is 22.6. The number of Topliss-reactive ketones (excluding diaryl/α,β-unsaturated/α-hetero) is 1.